The second-order valence-electron chi connectivity index (χ2n) is 4.88. The lowest BCUT2D eigenvalue weighted by Crippen LogP contribution is -2.23. The number of carbonyl (C=O) groups excluding carboxylic acids is 1. The van der Waals surface area contributed by atoms with Crippen molar-refractivity contribution in [3.63, 3.8) is 0 Å². The number of rotatable bonds is 2. The smallest absolute Gasteiger partial charge is 0.222 e. The van der Waals surface area contributed by atoms with Crippen molar-refractivity contribution >= 4 is 5.91 Å². The van der Waals surface area contributed by atoms with E-state index in [0.29, 0.717) is 5.91 Å². The van der Waals surface area contributed by atoms with E-state index < -0.39 is 0 Å². The number of aryl methyl sites for hydroxylation is 2. The molecule has 16 heavy (non-hydrogen) atoms. The monoisotopic (exact) mass is 215 g/mol. The van der Waals surface area contributed by atoms with Gasteiger partial charge in [0.1, 0.15) is 0 Å². The summed E-state index contributed by atoms with van der Waals surface area (Å²) >= 11 is 0. The molecule has 1 heterocycles. The van der Waals surface area contributed by atoms with Crippen LogP contribution in [0.15, 0.2) is 18.2 Å². The molecule has 3 rings (SSSR count). The van der Waals surface area contributed by atoms with Crippen LogP contribution in [0.4, 0.5) is 0 Å². The minimum atomic E-state index is 0.320. The second-order valence-corrected chi connectivity index (χ2v) is 4.88. The van der Waals surface area contributed by atoms with Crippen molar-refractivity contribution in [3.05, 3.63) is 34.9 Å². The van der Waals surface area contributed by atoms with Crippen LogP contribution in [-0.4, -0.2) is 17.4 Å². The fourth-order valence-corrected chi connectivity index (χ4v) is 2.82. The molecule has 2 nitrogen and oxygen atoms in total. The Morgan fingerprint density at radius 1 is 1.06 bits per heavy atom. The first-order chi connectivity index (χ1) is 7.83. The van der Waals surface area contributed by atoms with Crippen molar-refractivity contribution in [3.8, 4) is 0 Å². The summed E-state index contributed by atoms with van der Waals surface area (Å²) in [6, 6.07) is 6.74. The summed E-state index contributed by atoms with van der Waals surface area (Å²) in [5.74, 6) is 0.320. The highest BCUT2D eigenvalue weighted by Gasteiger charge is 2.20. The van der Waals surface area contributed by atoms with Gasteiger partial charge in [0.2, 0.25) is 5.91 Å². The van der Waals surface area contributed by atoms with Gasteiger partial charge in [-0.3, -0.25) is 4.79 Å². The fraction of sp³-hybridized carbons (Fsp3) is 0.500. The van der Waals surface area contributed by atoms with E-state index in [4.69, 9.17) is 0 Å². The van der Waals surface area contributed by atoms with Crippen molar-refractivity contribution in [1.82, 2.24) is 4.90 Å². The van der Waals surface area contributed by atoms with Gasteiger partial charge in [0.25, 0.3) is 0 Å². The minimum Gasteiger partial charge on any atom is -0.338 e. The summed E-state index contributed by atoms with van der Waals surface area (Å²) in [7, 11) is 0. The molecular formula is C14H17NO. The van der Waals surface area contributed by atoms with Crippen molar-refractivity contribution in [2.45, 2.75) is 38.6 Å². The summed E-state index contributed by atoms with van der Waals surface area (Å²) in [5.41, 5.74) is 4.32. The lowest BCUT2D eigenvalue weighted by Gasteiger charge is -2.16. The highest BCUT2D eigenvalue weighted by Crippen LogP contribution is 2.24. The molecule has 2 heteroatoms. The average molecular weight is 215 g/mol. The minimum absolute atomic E-state index is 0.320. The second kappa shape index (κ2) is 3.93. The van der Waals surface area contributed by atoms with E-state index in [1.807, 2.05) is 4.90 Å². The normalized spacial score (nSPS) is 19.2. The number of likely N-dealkylation sites (tertiary alicyclic amines) is 1. The third kappa shape index (κ3) is 1.73. The van der Waals surface area contributed by atoms with E-state index in [2.05, 4.69) is 18.2 Å². The van der Waals surface area contributed by atoms with Gasteiger partial charge in [-0.05, 0) is 42.4 Å². The maximum atomic E-state index is 11.5. The van der Waals surface area contributed by atoms with E-state index in [1.54, 1.807) is 0 Å². The Morgan fingerprint density at radius 3 is 2.75 bits per heavy atom. The van der Waals surface area contributed by atoms with Crippen molar-refractivity contribution < 1.29 is 4.79 Å². The first kappa shape index (κ1) is 9.88. The van der Waals surface area contributed by atoms with Gasteiger partial charge < -0.3 is 4.90 Å². The fourth-order valence-electron chi connectivity index (χ4n) is 2.82. The molecule has 0 spiro atoms. The highest BCUT2D eigenvalue weighted by molar-refractivity contribution is 5.78. The molecule has 1 fully saturated rings. The summed E-state index contributed by atoms with van der Waals surface area (Å²) in [6.07, 6.45) is 5.52. The Kier molecular flexibility index (Phi) is 2.43. The van der Waals surface area contributed by atoms with Gasteiger partial charge >= 0.3 is 0 Å². The SMILES string of the molecule is O=C1CCCN1Cc1ccc2c(c1)CCC2. The molecule has 1 aliphatic carbocycles. The predicted octanol–water partition coefficient (Wildman–Crippen LogP) is 2.30. The average Bonchev–Trinajstić information content (AvgIpc) is 2.88. The quantitative estimate of drug-likeness (QED) is 0.741. The van der Waals surface area contributed by atoms with E-state index in [-0.39, 0.29) is 0 Å². The summed E-state index contributed by atoms with van der Waals surface area (Å²) in [6.45, 7) is 1.75. The molecule has 0 bridgehead atoms. The molecule has 1 amide bonds. The largest absolute Gasteiger partial charge is 0.338 e. The van der Waals surface area contributed by atoms with Crippen LogP contribution in [-0.2, 0) is 24.2 Å². The van der Waals surface area contributed by atoms with Crippen molar-refractivity contribution in [2.75, 3.05) is 6.54 Å². The van der Waals surface area contributed by atoms with Crippen LogP contribution in [0, 0.1) is 0 Å². The van der Waals surface area contributed by atoms with Crippen LogP contribution >= 0.6 is 0 Å². The molecule has 0 unspecified atom stereocenters. The number of fused-ring (bicyclic) bond motifs is 1. The molecule has 1 saturated heterocycles. The van der Waals surface area contributed by atoms with E-state index in [9.17, 15) is 4.79 Å². The number of nitrogens with zero attached hydrogens (tertiary/aromatic N) is 1. The van der Waals surface area contributed by atoms with Gasteiger partial charge in [-0.2, -0.15) is 0 Å². The number of carbonyl (C=O) groups is 1. The third-order valence-corrected chi connectivity index (χ3v) is 3.71. The van der Waals surface area contributed by atoms with Gasteiger partial charge in [-0.25, -0.2) is 0 Å². The van der Waals surface area contributed by atoms with E-state index >= 15 is 0 Å². The Labute approximate surface area is 96.3 Å². The van der Waals surface area contributed by atoms with Gasteiger partial charge in [0.05, 0.1) is 0 Å². The van der Waals surface area contributed by atoms with Gasteiger partial charge in [0.15, 0.2) is 0 Å². The molecule has 2 aliphatic rings. The molecule has 0 aromatic heterocycles. The van der Waals surface area contributed by atoms with Gasteiger partial charge in [-0.1, -0.05) is 18.2 Å². The number of hydrogen-bond acceptors (Lipinski definition) is 1. The van der Waals surface area contributed by atoms with Crippen LogP contribution in [0.1, 0.15) is 36.0 Å². The lowest BCUT2D eigenvalue weighted by atomic mass is 10.1. The molecule has 0 saturated carbocycles. The molecule has 0 N–H and O–H groups in total. The maximum Gasteiger partial charge on any atom is 0.222 e. The molecular weight excluding hydrogens is 198 g/mol. The van der Waals surface area contributed by atoms with Crippen molar-refractivity contribution in [1.29, 1.82) is 0 Å². The lowest BCUT2D eigenvalue weighted by molar-refractivity contribution is -0.128. The molecule has 1 aromatic carbocycles. The zero-order valence-electron chi connectivity index (χ0n) is 9.54. The number of amides is 1. The van der Waals surface area contributed by atoms with E-state index in [0.717, 1.165) is 25.9 Å². The molecule has 1 aliphatic heterocycles. The Morgan fingerprint density at radius 2 is 1.94 bits per heavy atom. The zero-order chi connectivity index (χ0) is 11.0. The predicted molar refractivity (Wildman–Crippen MR) is 63.1 cm³/mol. The Hall–Kier alpha value is -1.31. The standard InChI is InChI=1S/C14H17NO/c16-14-5-2-8-15(14)10-11-6-7-12-3-1-4-13(12)9-11/h6-7,9H,1-5,8,10H2. The molecule has 0 atom stereocenters. The van der Waals surface area contributed by atoms with Crippen molar-refractivity contribution in [2.24, 2.45) is 0 Å². The van der Waals surface area contributed by atoms with E-state index in [1.165, 1.54) is 36.0 Å². The number of hydrogen-bond donors (Lipinski definition) is 0. The zero-order valence-corrected chi connectivity index (χ0v) is 9.54. The summed E-state index contributed by atoms with van der Waals surface area (Å²) < 4.78 is 0. The van der Waals surface area contributed by atoms with Crippen LogP contribution in [0.25, 0.3) is 0 Å². The Bertz CT molecular complexity index is 425. The molecule has 84 valence electrons. The third-order valence-electron chi connectivity index (χ3n) is 3.71. The van der Waals surface area contributed by atoms with Crippen LogP contribution in [0.3, 0.4) is 0 Å². The summed E-state index contributed by atoms with van der Waals surface area (Å²) in [5, 5.41) is 0. The summed E-state index contributed by atoms with van der Waals surface area (Å²) in [4.78, 5) is 13.5. The maximum absolute atomic E-state index is 11.5. The van der Waals surface area contributed by atoms with Gasteiger partial charge in [0, 0.05) is 19.5 Å². The molecule has 1 aromatic rings. The van der Waals surface area contributed by atoms with Crippen LogP contribution in [0.2, 0.25) is 0 Å². The first-order valence-corrected chi connectivity index (χ1v) is 6.21. The van der Waals surface area contributed by atoms with Crippen LogP contribution in [0.5, 0.6) is 0 Å². The van der Waals surface area contributed by atoms with Crippen LogP contribution < -0.4 is 0 Å². The first-order valence-electron chi connectivity index (χ1n) is 6.21. The highest BCUT2D eigenvalue weighted by atomic mass is 16.2. The molecule has 0 radical (unpaired) electrons. The number of benzene rings is 1. The Balaban J connectivity index is 1.77. The van der Waals surface area contributed by atoms with Gasteiger partial charge in [-0.15, -0.1) is 0 Å². The topological polar surface area (TPSA) is 20.3 Å².